The Balaban J connectivity index is 1.51. The van der Waals surface area contributed by atoms with Crippen molar-refractivity contribution in [2.24, 2.45) is 0 Å². The molecule has 9 heteroatoms. The number of hydrogen-bond acceptors (Lipinski definition) is 5. The number of halogens is 1. The molecule has 0 aromatic heterocycles. The maximum atomic E-state index is 12.6. The number of sulfonamides is 1. The van der Waals surface area contributed by atoms with E-state index >= 15 is 0 Å². The van der Waals surface area contributed by atoms with Crippen molar-refractivity contribution in [2.45, 2.75) is 11.4 Å². The molecule has 3 rings (SSSR count). The minimum atomic E-state index is -3.51. The first-order chi connectivity index (χ1) is 13.5. The second-order valence-corrected chi connectivity index (χ2v) is 8.62. The molecule has 0 unspecified atom stereocenters. The number of anilines is 1. The SMILES string of the molecule is O=C(CNc1ccccc1Cl)NCc1ccc(S(=O)(=O)N2CCOCC2)cc1. The molecule has 0 atom stereocenters. The number of benzene rings is 2. The zero-order valence-corrected chi connectivity index (χ0v) is 16.8. The summed E-state index contributed by atoms with van der Waals surface area (Å²) < 4.78 is 31.8. The number of carbonyl (C=O) groups is 1. The highest BCUT2D eigenvalue weighted by molar-refractivity contribution is 7.89. The smallest absolute Gasteiger partial charge is 0.243 e. The molecule has 2 aromatic rings. The lowest BCUT2D eigenvalue weighted by Gasteiger charge is -2.26. The van der Waals surface area contributed by atoms with Gasteiger partial charge < -0.3 is 15.4 Å². The van der Waals surface area contributed by atoms with E-state index in [-0.39, 0.29) is 17.3 Å². The van der Waals surface area contributed by atoms with Crippen LogP contribution in [-0.4, -0.2) is 51.5 Å². The van der Waals surface area contributed by atoms with Gasteiger partial charge in [0.1, 0.15) is 0 Å². The topological polar surface area (TPSA) is 87.7 Å². The van der Waals surface area contributed by atoms with Crippen LogP contribution in [0.15, 0.2) is 53.4 Å². The van der Waals surface area contributed by atoms with Crippen molar-refractivity contribution >= 4 is 33.2 Å². The first kappa shape index (κ1) is 20.6. The van der Waals surface area contributed by atoms with Crippen LogP contribution in [-0.2, 0) is 26.1 Å². The van der Waals surface area contributed by atoms with Gasteiger partial charge in [-0.25, -0.2) is 8.42 Å². The van der Waals surface area contributed by atoms with Gasteiger partial charge in [0.15, 0.2) is 0 Å². The summed E-state index contributed by atoms with van der Waals surface area (Å²) in [5.74, 6) is -0.190. The summed E-state index contributed by atoms with van der Waals surface area (Å²) in [6.07, 6.45) is 0. The number of hydrogen-bond donors (Lipinski definition) is 2. The molecule has 2 N–H and O–H groups in total. The van der Waals surface area contributed by atoms with Crippen LogP contribution in [0.25, 0.3) is 0 Å². The van der Waals surface area contributed by atoms with Crippen LogP contribution in [0.4, 0.5) is 5.69 Å². The van der Waals surface area contributed by atoms with Crippen LogP contribution in [0.2, 0.25) is 5.02 Å². The fourth-order valence-electron chi connectivity index (χ4n) is 2.76. The lowest BCUT2D eigenvalue weighted by Crippen LogP contribution is -2.40. The Bertz CT molecular complexity index is 913. The quantitative estimate of drug-likeness (QED) is 0.712. The average Bonchev–Trinajstić information content (AvgIpc) is 2.72. The van der Waals surface area contributed by atoms with E-state index in [1.807, 2.05) is 12.1 Å². The molecular formula is C19H22ClN3O4S. The third kappa shape index (κ3) is 5.23. The van der Waals surface area contributed by atoms with Crippen LogP contribution in [0.5, 0.6) is 0 Å². The molecule has 150 valence electrons. The first-order valence-electron chi connectivity index (χ1n) is 8.89. The number of amides is 1. The highest BCUT2D eigenvalue weighted by Crippen LogP contribution is 2.20. The zero-order chi connectivity index (χ0) is 20.0. The van der Waals surface area contributed by atoms with Crippen molar-refractivity contribution in [3.63, 3.8) is 0 Å². The van der Waals surface area contributed by atoms with Gasteiger partial charge in [0.25, 0.3) is 0 Å². The molecule has 7 nitrogen and oxygen atoms in total. The third-order valence-corrected chi connectivity index (χ3v) is 6.58. The summed E-state index contributed by atoms with van der Waals surface area (Å²) in [4.78, 5) is 12.2. The minimum Gasteiger partial charge on any atom is -0.379 e. The Hall–Kier alpha value is -2.13. The molecule has 2 aromatic carbocycles. The van der Waals surface area contributed by atoms with E-state index in [2.05, 4.69) is 10.6 Å². The van der Waals surface area contributed by atoms with Gasteiger partial charge in [0.2, 0.25) is 15.9 Å². The van der Waals surface area contributed by atoms with E-state index in [4.69, 9.17) is 16.3 Å². The number of para-hydroxylation sites is 1. The van der Waals surface area contributed by atoms with E-state index in [0.29, 0.717) is 43.6 Å². The van der Waals surface area contributed by atoms with Crippen LogP contribution in [0, 0.1) is 0 Å². The van der Waals surface area contributed by atoms with E-state index in [0.717, 1.165) is 5.56 Å². The normalized spacial score (nSPS) is 15.2. The highest BCUT2D eigenvalue weighted by atomic mass is 35.5. The third-order valence-electron chi connectivity index (χ3n) is 4.33. The van der Waals surface area contributed by atoms with Crippen molar-refractivity contribution < 1.29 is 17.9 Å². The van der Waals surface area contributed by atoms with Crippen molar-refractivity contribution in [1.29, 1.82) is 0 Å². The fraction of sp³-hybridized carbons (Fsp3) is 0.316. The summed E-state index contributed by atoms with van der Waals surface area (Å²) in [5.41, 5.74) is 1.50. The summed E-state index contributed by atoms with van der Waals surface area (Å²) >= 11 is 6.03. The van der Waals surface area contributed by atoms with Crippen molar-refractivity contribution in [2.75, 3.05) is 38.2 Å². The summed E-state index contributed by atoms with van der Waals surface area (Å²) in [5, 5.41) is 6.31. The van der Waals surface area contributed by atoms with Crippen molar-refractivity contribution in [1.82, 2.24) is 9.62 Å². The number of nitrogens with zero attached hydrogens (tertiary/aromatic N) is 1. The van der Waals surface area contributed by atoms with E-state index in [1.54, 1.807) is 36.4 Å². The summed E-state index contributed by atoms with van der Waals surface area (Å²) in [7, 11) is -3.51. The lowest BCUT2D eigenvalue weighted by molar-refractivity contribution is -0.119. The van der Waals surface area contributed by atoms with Gasteiger partial charge in [-0.2, -0.15) is 4.31 Å². The van der Waals surface area contributed by atoms with E-state index in [1.165, 1.54) is 4.31 Å². The molecule has 1 aliphatic rings. The molecule has 1 saturated heterocycles. The Morgan fingerprint density at radius 3 is 2.43 bits per heavy atom. The number of nitrogens with one attached hydrogen (secondary N) is 2. The molecule has 0 bridgehead atoms. The summed E-state index contributed by atoms with van der Waals surface area (Å²) in [6.45, 7) is 1.93. The summed E-state index contributed by atoms with van der Waals surface area (Å²) in [6, 6.07) is 13.7. The van der Waals surface area contributed by atoms with Gasteiger partial charge in [0, 0.05) is 19.6 Å². The standard InChI is InChI=1S/C19H22ClN3O4S/c20-17-3-1-2-4-18(17)21-14-19(24)22-13-15-5-7-16(8-6-15)28(25,26)23-9-11-27-12-10-23/h1-8,21H,9-14H2,(H,22,24). The van der Waals surface area contributed by atoms with Crippen LogP contribution in [0.3, 0.4) is 0 Å². The van der Waals surface area contributed by atoms with Crippen molar-refractivity contribution in [3.8, 4) is 0 Å². The second-order valence-electron chi connectivity index (χ2n) is 6.27. The Morgan fingerprint density at radius 1 is 1.07 bits per heavy atom. The monoisotopic (exact) mass is 423 g/mol. The maximum absolute atomic E-state index is 12.6. The van der Waals surface area contributed by atoms with Crippen LogP contribution in [0.1, 0.15) is 5.56 Å². The zero-order valence-electron chi connectivity index (χ0n) is 15.2. The molecule has 0 saturated carbocycles. The van der Waals surface area contributed by atoms with E-state index in [9.17, 15) is 13.2 Å². The Morgan fingerprint density at radius 2 is 1.75 bits per heavy atom. The van der Waals surface area contributed by atoms with Gasteiger partial charge in [-0.3, -0.25) is 4.79 Å². The molecule has 1 heterocycles. The largest absolute Gasteiger partial charge is 0.379 e. The Kier molecular flexibility index (Phi) is 6.90. The number of ether oxygens (including phenoxy) is 1. The number of carbonyl (C=O) groups excluding carboxylic acids is 1. The average molecular weight is 424 g/mol. The minimum absolute atomic E-state index is 0.0905. The maximum Gasteiger partial charge on any atom is 0.243 e. The van der Waals surface area contributed by atoms with E-state index < -0.39 is 10.0 Å². The molecule has 1 fully saturated rings. The molecule has 0 radical (unpaired) electrons. The molecule has 1 amide bonds. The molecule has 0 spiro atoms. The molecule has 1 aliphatic heterocycles. The molecular weight excluding hydrogens is 402 g/mol. The second kappa shape index (κ2) is 9.38. The predicted octanol–water partition coefficient (Wildman–Crippen LogP) is 2.09. The van der Waals surface area contributed by atoms with Gasteiger partial charge in [-0.05, 0) is 29.8 Å². The fourth-order valence-corrected chi connectivity index (χ4v) is 4.37. The van der Waals surface area contributed by atoms with Gasteiger partial charge in [-0.1, -0.05) is 35.9 Å². The van der Waals surface area contributed by atoms with Crippen LogP contribution >= 0.6 is 11.6 Å². The Labute approximate surface area is 169 Å². The van der Waals surface area contributed by atoms with Crippen LogP contribution < -0.4 is 10.6 Å². The lowest BCUT2D eigenvalue weighted by atomic mass is 10.2. The molecule has 28 heavy (non-hydrogen) atoms. The molecule has 0 aliphatic carbocycles. The number of morpholine rings is 1. The van der Waals surface area contributed by atoms with Gasteiger partial charge >= 0.3 is 0 Å². The highest BCUT2D eigenvalue weighted by Gasteiger charge is 2.26. The predicted molar refractivity (Wildman–Crippen MR) is 108 cm³/mol. The first-order valence-corrected chi connectivity index (χ1v) is 10.7. The van der Waals surface area contributed by atoms with Gasteiger partial charge in [0.05, 0.1) is 35.4 Å². The number of rotatable bonds is 7. The van der Waals surface area contributed by atoms with Gasteiger partial charge in [-0.15, -0.1) is 0 Å². The van der Waals surface area contributed by atoms with Crippen molar-refractivity contribution in [3.05, 3.63) is 59.1 Å².